The second-order valence-corrected chi connectivity index (χ2v) is 7.22. The minimum Gasteiger partial charge on any atom is -0.502 e. The molecule has 9 heteroatoms. The molecule has 8 nitrogen and oxygen atoms in total. The number of carboxylic acid groups (broad SMARTS) is 1. The molecule has 1 aliphatic rings. The van der Waals surface area contributed by atoms with Crippen LogP contribution in [-0.4, -0.2) is 47.5 Å². The number of aromatic hydroxyl groups is 1. The Hall–Kier alpha value is -3.07. The number of nitrogens with zero attached hydrogens (tertiary/aromatic N) is 1. The molecule has 0 bridgehead atoms. The van der Waals surface area contributed by atoms with Crippen LogP contribution >= 0.6 is 11.6 Å². The molecule has 4 rings (SSSR count). The number of hydrogen-bond donors (Lipinski definition) is 2. The summed E-state index contributed by atoms with van der Waals surface area (Å²) in [5, 5.41) is 21.2. The SMILES string of the molecule is O=C(O)C1CN(OCCOc2ccc(-c3oc4c(Cl)cccc4c(=O)c3O)cc2)C1. The third kappa shape index (κ3) is 3.97. The summed E-state index contributed by atoms with van der Waals surface area (Å²) >= 11 is 6.12. The fraction of sp³-hybridized carbons (Fsp3) is 0.238. The molecule has 1 saturated heterocycles. The zero-order valence-corrected chi connectivity index (χ0v) is 16.5. The maximum Gasteiger partial charge on any atom is 0.309 e. The lowest BCUT2D eigenvalue weighted by atomic mass is 10.0. The lowest BCUT2D eigenvalue weighted by Gasteiger charge is -2.35. The highest BCUT2D eigenvalue weighted by Crippen LogP contribution is 2.33. The van der Waals surface area contributed by atoms with Gasteiger partial charge < -0.3 is 19.4 Å². The van der Waals surface area contributed by atoms with E-state index in [9.17, 15) is 14.7 Å². The average Bonchev–Trinajstić information content (AvgIpc) is 2.70. The quantitative estimate of drug-likeness (QED) is 0.549. The van der Waals surface area contributed by atoms with Crippen molar-refractivity contribution in [2.24, 2.45) is 5.92 Å². The fourth-order valence-corrected chi connectivity index (χ4v) is 3.31. The lowest BCUT2D eigenvalue weighted by Crippen LogP contribution is -2.50. The van der Waals surface area contributed by atoms with E-state index in [1.54, 1.807) is 41.5 Å². The summed E-state index contributed by atoms with van der Waals surface area (Å²) in [5.74, 6) is -1.08. The highest BCUT2D eigenvalue weighted by atomic mass is 35.5. The van der Waals surface area contributed by atoms with E-state index in [0.717, 1.165) is 0 Å². The minimum absolute atomic E-state index is 0.0289. The summed E-state index contributed by atoms with van der Waals surface area (Å²) in [6.07, 6.45) is 0. The highest BCUT2D eigenvalue weighted by Gasteiger charge is 2.33. The van der Waals surface area contributed by atoms with E-state index in [1.807, 2.05) is 0 Å². The predicted molar refractivity (Wildman–Crippen MR) is 109 cm³/mol. The monoisotopic (exact) mass is 431 g/mol. The van der Waals surface area contributed by atoms with E-state index >= 15 is 0 Å². The van der Waals surface area contributed by atoms with E-state index in [0.29, 0.717) is 24.4 Å². The van der Waals surface area contributed by atoms with Crippen LogP contribution in [-0.2, 0) is 9.63 Å². The van der Waals surface area contributed by atoms with Crippen molar-refractivity contribution >= 4 is 28.5 Å². The van der Waals surface area contributed by atoms with Crippen molar-refractivity contribution in [2.75, 3.05) is 26.3 Å². The number of carboxylic acids is 1. The van der Waals surface area contributed by atoms with Crippen molar-refractivity contribution in [2.45, 2.75) is 0 Å². The van der Waals surface area contributed by atoms with Gasteiger partial charge in [0, 0.05) is 18.7 Å². The van der Waals surface area contributed by atoms with Gasteiger partial charge in [-0.25, -0.2) is 0 Å². The predicted octanol–water partition coefficient (Wildman–Crippen LogP) is 3.15. The number of carbonyl (C=O) groups is 1. The molecule has 0 spiro atoms. The summed E-state index contributed by atoms with van der Waals surface area (Å²) in [5.41, 5.74) is 0.156. The van der Waals surface area contributed by atoms with Crippen molar-refractivity contribution in [1.82, 2.24) is 5.06 Å². The molecule has 2 aromatic carbocycles. The Labute approximate surface area is 175 Å². The van der Waals surface area contributed by atoms with Gasteiger partial charge in [0.1, 0.15) is 19.0 Å². The van der Waals surface area contributed by atoms with Gasteiger partial charge in [-0.1, -0.05) is 17.7 Å². The van der Waals surface area contributed by atoms with Gasteiger partial charge in [0.25, 0.3) is 0 Å². The molecule has 1 fully saturated rings. The molecule has 0 unspecified atom stereocenters. The zero-order chi connectivity index (χ0) is 21.3. The first-order valence-corrected chi connectivity index (χ1v) is 9.60. The van der Waals surface area contributed by atoms with Gasteiger partial charge in [-0.15, -0.1) is 0 Å². The summed E-state index contributed by atoms with van der Waals surface area (Å²) in [7, 11) is 0. The van der Waals surface area contributed by atoms with E-state index in [2.05, 4.69) is 0 Å². The normalized spacial score (nSPS) is 14.6. The number of rotatable bonds is 7. The topological polar surface area (TPSA) is 109 Å². The molecular formula is C21H18ClNO7. The van der Waals surface area contributed by atoms with Crippen LogP contribution in [0.25, 0.3) is 22.3 Å². The van der Waals surface area contributed by atoms with Crippen molar-refractivity contribution in [3.63, 3.8) is 0 Å². The first-order valence-electron chi connectivity index (χ1n) is 9.22. The van der Waals surface area contributed by atoms with Crippen LogP contribution in [0.5, 0.6) is 11.5 Å². The average molecular weight is 432 g/mol. The number of aliphatic carboxylic acids is 1. The Morgan fingerprint density at radius 2 is 1.90 bits per heavy atom. The number of hydroxylamine groups is 2. The smallest absolute Gasteiger partial charge is 0.309 e. The molecule has 0 saturated carbocycles. The Morgan fingerprint density at radius 3 is 2.60 bits per heavy atom. The van der Waals surface area contributed by atoms with Crippen LogP contribution in [0.3, 0.4) is 0 Å². The Bertz CT molecular complexity index is 1140. The molecule has 3 aromatic rings. The second kappa shape index (κ2) is 8.35. The molecule has 0 radical (unpaired) electrons. The minimum atomic E-state index is -0.818. The molecule has 1 aliphatic heterocycles. The van der Waals surface area contributed by atoms with Crippen molar-refractivity contribution < 1.29 is 29.0 Å². The number of benzene rings is 2. The standard InChI is InChI=1S/C21H18ClNO7/c22-16-3-1-2-15-17(24)18(25)19(30-20(15)16)12-4-6-14(7-5-12)28-8-9-29-23-10-13(11-23)21(26)27/h1-7,13,25H,8-11H2,(H,26,27). The Balaban J connectivity index is 1.39. The van der Waals surface area contributed by atoms with Crippen LogP contribution in [0.2, 0.25) is 5.02 Å². The van der Waals surface area contributed by atoms with Crippen molar-refractivity contribution in [1.29, 1.82) is 0 Å². The molecule has 0 atom stereocenters. The highest BCUT2D eigenvalue weighted by molar-refractivity contribution is 6.34. The fourth-order valence-electron chi connectivity index (χ4n) is 3.10. The number of fused-ring (bicyclic) bond motifs is 1. The molecule has 2 heterocycles. The number of hydrogen-bond acceptors (Lipinski definition) is 7. The van der Waals surface area contributed by atoms with Crippen LogP contribution < -0.4 is 10.2 Å². The van der Waals surface area contributed by atoms with Crippen molar-refractivity contribution in [3.05, 3.63) is 57.7 Å². The first-order chi connectivity index (χ1) is 14.4. The number of para-hydroxylation sites is 1. The maximum atomic E-state index is 12.4. The van der Waals surface area contributed by atoms with Gasteiger partial charge in [-0.3, -0.25) is 14.4 Å². The van der Waals surface area contributed by atoms with E-state index in [4.69, 9.17) is 30.7 Å². The van der Waals surface area contributed by atoms with Gasteiger partial charge in [0.05, 0.1) is 16.3 Å². The summed E-state index contributed by atoms with van der Waals surface area (Å²) < 4.78 is 11.3. The molecular weight excluding hydrogens is 414 g/mol. The van der Waals surface area contributed by atoms with Gasteiger partial charge in [0.15, 0.2) is 11.3 Å². The molecule has 2 N–H and O–H groups in total. The maximum absolute atomic E-state index is 12.4. The first kappa shape index (κ1) is 20.2. The van der Waals surface area contributed by atoms with Crippen LogP contribution in [0.1, 0.15) is 0 Å². The Morgan fingerprint density at radius 1 is 1.17 bits per heavy atom. The van der Waals surface area contributed by atoms with Crippen LogP contribution in [0, 0.1) is 5.92 Å². The van der Waals surface area contributed by atoms with Crippen LogP contribution in [0.15, 0.2) is 51.7 Å². The molecule has 0 amide bonds. The van der Waals surface area contributed by atoms with E-state index in [-0.39, 0.29) is 40.9 Å². The third-order valence-electron chi connectivity index (χ3n) is 4.79. The summed E-state index contributed by atoms with van der Waals surface area (Å²) in [4.78, 5) is 28.6. The van der Waals surface area contributed by atoms with Crippen molar-refractivity contribution in [3.8, 4) is 22.8 Å². The Kier molecular flexibility index (Phi) is 5.63. The van der Waals surface area contributed by atoms with Gasteiger partial charge in [-0.05, 0) is 36.4 Å². The zero-order valence-electron chi connectivity index (χ0n) is 15.7. The number of halogens is 1. The van der Waals surface area contributed by atoms with Gasteiger partial charge in [-0.2, -0.15) is 5.06 Å². The molecule has 156 valence electrons. The number of ether oxygens (including phenoxy) is 1. The molecule has 30 heavy (non-hydrogen) atoms. The van der Waals surface area contributed by atoms with E-state index in [1.165, 1.54) is 6.07 Å². The van der Waals surface area contributed by atoms with E-state index < -0.39 is 17.1 Å². The summed E-state index contributed by atoms with van der Waals surface area (Å²) in [6, 6.07) is 11.4. The molecule has 0 aliphatic carbocycles. The lowest BCUT2D eigenvalue weighted by molar-refractivity contribution is -0.226. The molecule has 1 aromatic heterocycles. The second-order valence-electron chi connectivity index (χ2n) is 6.81. The van der Waals surface area contributed by atoms with Gasteiger partial charge >= 0.3 is 5.97 Å². The van der Waals surface area contributed by atoms with Crippen LogP contribution in [0.4, 0.5) is 0 Å². The third-order valence-corrected chi connectivity index (χ3v) is 5.08. The largest absolute Gasteiger partial charge is 0.502 e. The van der Waals surface area contributed by atoms with Gasteiger partial charge in [0.2, 0.25) is 11.2 Å². The summed E-state index contributed by atoms with van der Waals surface area (Å²) in [6.45, 7) is 1.30.